The van der Waals surface area contributed by atoms with E-state index < -0.39 is 0 Å². The summed E-state index contributed by atoms with van der Waals surface area (Å²) >= 11 is 1.60. The highest BCUT2D eigenvalue weighted by Gasteiger charge is 2.24. The summed E-state index contributed by atoms with van der Waals surface area (Å²) in [6.45, 7) is 7.06. The number of urea groups is 1. The van der Waals surface area contributed by atoms with Crippen molar-refractivity contribution < 1.29 is 4.79 Å². The molecule has 0 saturated carbocycles. The van der Waals surface area contributed by atoms with Gasteiger partial charge in [-0.05, 0) is 68.3 Å². The van der Waals surface area contributed by atoms with Crippen molar-refractivity contribution in [2.45, 2.75) is 20.8 Å². The Labute approximate surface area is 208 Å². The van der Waals surface area contributed by atoms with Gasteiger partial charge in [-0.2, -0.15) is 4.99 Å². The average molecular weight is 483 g/mol. The van der Waals surface area contributed by atoms with Crippen molar-refractivity contribution in [3.8, 4) is 17.1 Å². The molecule has 0 atom stereocenters. The smallest absolute Gasteiger partial charge is 0.319 e. The predicted octanol–water partition coefficient (Wildman–Crippen LogP) is 6.00. The van der Waals surface area contributed by atoms with Gasteiger partial charge >= 0.3 is 6.03 Å². The zero-order valence-corrected chi connectivity index (χ0v) is 20.7. The van der Waals surface area contributed by atoms with Gasteiger partial charge in [-0.15, -0.1) is 5.10 Å². The van der Waals surface area contributed by atoms with E-state index in [-0.39, 0.29) is 6.03 Å². The normalized spacial score (nSPS) is 14.5. The molecule has 1 fully saturated rings. The van der Waals surface area contributed by atoms with Crippen LogP contribution in [-0.2, 0) is 0 Å². The molecule has 0 spiro atoms. The van der Waals surface area contributed by atoms with Gasteiger partial charge in [-0.1, -0.05) is 47.7 Å². The highest BCUT2D eigenvalue weighted by molar-refractivity contribution is 8.14. The molecule has 1 aliphatic rings. The maximum absolute atomic E-state index is 12.7. The third-order valence-corrected chi connectivity index (χ3v) is 6.82. The van der Waals surface area contributed by atoms with E-state index in [0.29, 0.717) is 11.5 Å². The minimum absolute atomic E-state index is 0.389. The third kappa shape index (κ3) is 4.97. The lowest BCUT2D eigenvalue weighted by molar-refractivity contribution is 0.259. The standard InChI is InChI=1S/C27H26N6OS/c1-18-7-13-23(14-8-18)33-17-28-25(31-33)21-9-11-22(12-10-21)29-26(34)30-27-32(15-16-35-27)24-19(2)5-4-6-20(24)3/h4-14,17H,15-16H2,1-3H3,(H,29,34). The Kier molecular flexibility index (Phi) is 6.37. The topological polar surface area (TPSA) is 75.4 Å². The summed E-state index contributed by atoms with van der Waals surface area (Å²) in [5, 5.41) is 8.18. The van der Waals surface area contributed by atoms with Crippen molar-refractivity contribution in [2.75, 3.05) is 22.5 Å². The summed E-state index contributed by atoms with van der Waals surface area (Å²) in [4.78, 5) is 23.6. The van der Waals surface area contributed by atoms with E-state index in [2.05, 4.69) is 58.2 Å². The largest absolute Gasteiger partial charge is 0.347 e. The third-order valence-electron chi connectivity index (χ3n) is 5.87. The Morgan fingerprint density at radius 3 is 2.40 bits per heavy atom. The number of aryl methyl sites for hydroxylation is 3. The summed E-state index contributed by atoms with van der Waals surface area (Å²) in [6.07, 6.45) is 1.70. The number of anilines is 2. The summed E-state index contributed by atoms with van der Waals surface area (Å²) in [7, 11) is 0. The molecule has 35 heavy (non-hydrogen) atoms. The molecular weight excluding hydrogens is 456 g/mol. The number of nitrogens with one attached hydrogen (secondary N) is 1. The molecule has 1 N–H and O–H groups in total. The van der Waals surface area contributed by atoms with Crippen LogP contribution in [0.2, 0.25) is 0 Å². The Morgan fingerprint density at radius 2 is 1.69 bits per heavy atom. The molecule has 1 saturated heterocycles. The number of benzene rings is 3. The molecule has 0 aliphatic carbocycles. The Balaban J connectivity index is 1.28. The quantitative estimate of drug-likeness (QED) is 0.386. The zero-order valence-electron chi connectivity index (χ0n) is 19.9. The number of nitrogens with zero attached hydrogens (tertiary/aromatic N) is 5. The van der Waals surface area contributed by atoms with Crippen LogP contribution in [0.5, 0.6) is 0 Å². The molecule has 4 aromatic rings. The number of amidine groups is 1. The number of carbonyl (C=O) groups excluding carboxylic acids is 1. The molecule has 0 unspecified atom stereocenters. The highest BCUT2D eigenvalue weighted by Crippen LogP contribution is 2.31. The fraction of sp³-hybridized carbons (Fsp3) is 0.185. The second-order valence-electron chi connectivity index (χ2n) is 8.49. The number of aliphatic imine (C=N–C) groups is 1. The van der Waals surface area contributed by atoms with Crippen molar-refractivity contribution >= 4 is 34.3 Å². The molecule has 2 amide bonds. The summed E-state index contributed by atoms with van der Waals surface area (Å²) < 4.78 is 1.75. The van der Waals surface area contributed by atoms with E-state index in [1.165, 1.54) is 16.7 Å². The Bertz CT molecular complexity index is 1370. The van der Waals surface area contributed by atoms with E-state index in [1.54, 1.807) is 22.8 Å². The molecular formula is C27H26N6OS. The first-order valence-electron chi connectivity index (χ1n) is 11.4. The van der Waals surface area contributed by atoms with Crippen LogP contribution < -0.4 is 10.2 Å². The van der Waals surface area contributed by atoms with Crippen LogP contribution >= 0.6 is 11.8 Å². The molecule has 0 bridgehead atoms. The molecule has 1 aliphatic heterocycles. The molecule has 3 aromatic carbocycles. The van der Waals surface area contributed by atoms with E-state index in [1.807, 2.05) is 54.6 Å². The molecule has 5 rings (SSSR count). The highest BCUT2D eigenvalue weighted by atomic mass is 32.2. The van der Waals surface area contributed by atoms with Gasteiger partial charge in [0.05, 0.1) is 5.69 Å². The number of hydrogen-bond acceptors (Lipinski definition) is 4. The molecule has 1 aromatic heterocycles. The Hall–Kier alpha value is -3.91. The molecule has 7 nitrogen and oxygen atoms in total. The first-order valence-corrected chi connectivity index (χ1v) is 12.4. The minimum atomic E-state index is -0.389. The Morgan fingerprint density at radius 1 is 0.971 bits per heavy atom. The van der Waals surface area contributed by atoms with Crippen molar-refractivity contribution in [3.63, 3.8) is 0 Å². The van der Waals surface area contributed by atoms with Crippen LogP contribution in [-0.4, -0.2) is 38.3 Å². The maximum atomic E-state index is 12.7. The van der Waals surface area contributed by atoms with Gasteiger partial charge in [-0.25, -0.2) is 14.5 Å². The summed E-state index contributed by atoms with van der Waals surface area (Å²) in [6, 6.07) is 21.4. The van der Waals surface area contributed by atoms with E-state index >= 15 is 0 Å². The lowest BCUT2D eigenvalue weighted by Crippen LogP contribution is -2.26. The number of aromatic nitrogens is 3. The van der Waals surface area contributed by atoms with Crippen molar-refractivity contribution in [1.82, 2.24) is 14.8 Å². The summed E-state index contributed by atoms with van der Waals surface area (Å²) in [5.74, 6) is 1.52. The van der Waals surface area contributed by atoms with Gasteiger partial charge in [0.25, 0.3) is 0 Å². The van der Waals surface area contributed by atoms with Gasteiger partial charge in [0.1, 0.15) is 6.33 Å². The summed E-state index contributed by atoms with van der Waals surface area (Å²) in [5.41, 5.74) is 7.17. The maximum Gasteiger partial charge on any atom is 0.347 e. The average Bonchev–Trinajstić information content (AvgIpc) is 3.50. The number of thioether (sulfide) groups is 1. The second-order valence-corrected chi connectivity index (χ2v) is 9.55. The van der Waals surface area contributed by atoms with Crippen molar-refractivity contribution in [3.05, 3.63) is 89.7 Å². The van der Waals surface area contributed by atoms with Crippen LogP contribution in [0.25, 0.3) is 17.1 Å². The number of amides is 2. The molecule has 8 heteroatoms. The molecule has 0 radical (unpaired) electrons. The van der Waals surface area contributed by atoms with Crippen molar-refractivity contribution in [1.29, 1.82) is 0 Å². The monoisotopic (exact) mass is 482 g/mol. The first kappa shape index (κ1) is 22.9. The lowest BCUT2D eigenvalue weighted by atomic mass is 10.1. The number of rotatable bonds is 4. The number of carbonyl (C=O) groups is 1. The predicted molar refractivity (Wildman–Crippen MR) is 144 cm³/mol. The van der Waals surface area contributed by atoms with Gasteiger partial charge in [-0.3, -0.25) is 0 Å². The van der Waals surface area contributed by atoms with Crippen molar-refractivity contribution in [2.24, 2.45) is 4.99 Å². The second kappa shape index (κ2) is 9.76. The van der Waals surface area contributed by atoms with Gasteiger partial charge in [0.15, 0.2) is 11.0 Å². The first-order chi connectivity index (χ1) is 17.0. The molecule has 2 heterocycles. The number of para-hydroxylation sites is 1. The van der Waals surface area contributed by atoms with Gasteiger partial charge < -0.3 is 10.2 Å². The molecule has 176 valence electrons. The van der Waals surface area contributed by atoms with E-state index in [9.17, 15) is 4.79 Å². The van der Waals surface area contributed by atoms with Crippen LogP contribution in [0, 0.1) is 20.8 Å². The van der Waals surface area contributed by atoms with Crippen LogP contribution in [0.15, 0.2) is 78.0 Å². The fourth-order valence-corrected chi connectivity index (χ4v) is 5.03. The van der Waals surface area contributed by atoms with Crippen LogP contribution in [0.4, 0.5) is 16.2 Å². The minimum Gasteiger partial charge on any atom is -0.319 e. The van der Waals surface area contributed by atoms with Gasteiger partial charge in [0, 0.05) is 29.2 Å². The lowest BCUT2D eigenvalue weighted by Gasteiger charge is -2.22. The number of hydrogen-bond donors (Lipinski definition) is 1. The van der Waals surface area contributed by atoms with Gasteiger partial charge in [0.2, 0.25) is 0 Å². The van der Waals surface area contributed by atoms with Crippen LogP contribution in [0.1, 0.15) is 16.7 Å². The van der Waals surface area contributed by atoms with E-state index in [0.717, 1.165) is 34.4 Å². The fourth-order valence-electron chi connectivity index (χ4n) is 4.09. The van der Waals surface area contributed by atoms with E-state index in [4.69, 9.17) is 0 Å². The SMILES string of the molecule is Cc1ccc(-n2cnc(-c3ccc(NC(=O)N=C4SCCN4c4c(C)cccc4C)cc3)n2)cc1. The zero-order chi connectivity index (χ0) is 24.4. The van der Waals surface area contributed by atoms with Crippen LogP contribution in [0.3, 0.4) is 0 Å².